The van der Waals surface area contributed by atoms with Gasteiger partial charge in [-0.2, -0.15) is 4.98 Å². The molecule has 33 heavy (non-hydrogen) atoms. The van der Waals surface area contributed by atoms with Crippen LogP contribution >= 0.6 is 11.6 Å². The van der Waals surface area contributed by atoms with Crippen LogP contribution in [-0.4, -0.2) is 14.9 Å². The second-order valence-corrected chi connectivity index (χ2v) is 7.60. The van der Waals surface area contributed by atoms with E-state index in [4.69, 9.17) is 16.3 Å². The maximum Gasteiger partial charge on any atom is 0.374 e. The van der Waals surface area contributed by atoms with Gasteiger partial charge in [0.05, 0.1) is 16.3 Å². The van der Waals surface area contributed by atoms with Crippen LogP contribution in [0, 0.1) is 24.0 Å². The summed E-state index contributed by atoms with van der Waals surface area (Å²) in [5, 5.41) is 14.4. The molecular weight excluding hydrogens is 442 g/mol. The van der Waals surface area contributed by atoms with Crippen molar-refractivity contribution in [2.45, 2.75) is 13.8 Å². The van der Waals surface area contributed by atoms with Gasteiger partial charge in [-0.3, -0.25) is 20.5 Å². The second-order valence-electron chi connectivity index (χ2n) is 7.22. The van der Waals surface area contributed by atoms with Gasteiger partial charge in [0.2, 0.25) is 5.82 Å². The molecule has 4 rings (SSSR count). The number of hydrogen-bond acceptors (Lipinski definition) is 7. The number of nitrogens with one attached hydrogen (secondary N) is 1. The van der Waals surface area contributed by atoms with Crippen molar-refractivity contribution in [3.05, 3.63) is 105 Å². The third-order valence-corrected chi connectivity index (χ3v) is 5.44. The fourth-order valence-electron chi connectivity index (χ4n) is 3.30. The van der Waals surface area contributed by atoms with E-state index >= 15 is 0 Å². The first-order chi connectivity index (χ1) is 15.9. The smallest absolute Gasteiger partial charge is 0.374 e. The number of hydrazine groups is 1. The molecule has 1 heterocycles. The summed E-state index contributed by atoms with van der Waals surface area (Å²) in [4.78, 5) is 19.6. The van der Waals surface area contributed by atoms with Gasteiger partial charge >= 0.3 is 11.6 Å². The van der Waals surface area contributed by atoms with Gasteiger partial charge in [0.15, 0.2) is 0 Å². The minimum absolute atomic E-state index is 0.0138. The highest BCUT2D eigenvalue weighted by Crippen LogP contribution is 2.37. The molecule has 0 spiro atoms. The Labute approximate surface area is 195 Å². The van der Waals surface area contributed by atoms with Gasteiger partial charge in [0.1, 0.15) is 12.1 Å². The zero-order chi connectivity index (χ0) is 23.4. The molecule has 0 fully saturated rings. The van der Waals surface area contributed by atoms with Crippen LogP contribution in [0.15, 0.2) is 79.1 Å². The predicted molar refractivity (Wildman–Crippen MR) is 128 cm³/mol. The molecule has 0 atom stereocenters. The van der Waals surface area contributed by atoms with E-state index in [1.54, 1.807) is 17.1 Å². The SMILES string of the molecule is Cc1cc(Oc2ncnc(NN(c3ccccc3)c3ccccc3)c2[N+](=O)[O-])cc(C)c1Cl. The van der Waals surface area contributed by atoms with Crippen molar-refractivity contribution < 1.29 is 9.66 Å². The van der Waals surface area contributed by atoms with E-state index in [1.807, 2.05) is 74.5 Å². The van der Waals surface area contributed by atoms with Crippen LogP contribution in [0.3, 0.4) is 0 Å². The number of ether oxygens (including phenoxy) is 1. The third kappa shape index (κ3) is 4.86. The van der Waals surface area contributed by atoms with Gasteiger partial charge in [-0.05, 0) is 61.4 Å². The van der Waals surface area contributed by atoms with Crippen molar-refractivity contribution in [3.63, 3.8) is 0 Å². The van der Waals surface area contributed by atoms with Gasteiger partial charge in [0.25, 0.3) is 0 Å². The number of para-hydroxylation sites is 2. The molecule has 9 heteroatoms. The summed E-state index contributed by atoms with van der Waals surface area (Å²) in [6.45, 7) is 3.67. The number of nitro groups is 1. The topological polar surface area (TPSA) is 93.4 Å². The van der Waals surface area contributed by atoms with Crippen molar-refractivity contribution in [2.24, 2.45) is 0 Å². The van der Waals surface area contributed by atoms with E-state index in [1.165, 1.54) is 6.33 Å². The van der Waals surface area contributed by atoms with Gasteiger partial charge in [-0.1, -0.05) is 48.0 Å². The van der Waals surface area contributed by atoms with Crippen LogP contribution < -0.4 is 15.2 Å². The van der Waals surface area contributed by atoms with Crippen molar-refractivity contribution in [1.29, 1.82) is 0 Å². The molecule has 0 unspecified atom stereocenters. The van der Waals surface area contributed by atoms with Gasteiger partial charge in [-0.25, -0.2) is 4.98 Å². The molecule has 0 amide bonds. The highest BCUT2D eigenvalue weighted by atomic mass is 35.5. The fraction of sp³-hybridized carbons (Fsp3) is 0.0833. The minimum Gasteiger partial charge on any atom is -0.434 e. The van der Waals surface area contributed by atoms with Gasteiger partial charge < -0.3 is 4.74 Å². The summed E-state index contributed by atoms with van der Waals surface area (Å²) >= 11 is 6.23. The van der Waals surface area contributed by atoms with Gasteiger partial charge in [-0.15, -0.1) is 0 Å². The highest BCUT2D eigenvalue weighted by molar-refractivity contribution is 6.32. The summed E-state index contributed by atoms with van der Waals surface area (Å²) in [6.07, 6.45) is 1.22. The Morgan fingerprint density at radius 3 is 2.00 bits per heavy atom. The van der Waals surface area contributed by atoms with Crippen molar-refractivity contribution >= 4 is 34.5 Å². The number of aromatic nitrogens is 2. The number of hydrogen-bond donors (Lipinski definition) is 1. The van der Waals surface area contributed by atoms with Crippen LogP contribution in [0.4, 0.5) is 22.9 Å². The van der Waals surface area contributed by atoms with Crippen molar-refractivity contribution in [2.75, 3.05) is 10.4 Å². The van der Waals surface area contributed by atoms with Crippen LogP contribution in [0.5, 0.6) is 11.6 Å². The monoisotopic (exact) mass is 461 g/mol. The highest BCUT2D eigenvalue weighted by Gasteiger charge is 2.27. The quantitative estimate of drug-likeness (QED) is 0.244. The van der Waals surface area contributed by atoms with E-state index in [0.717, 1.165) is 22.5 Å². The van der Waals surface area contributed by atoms with Gasteiger partial charge in [0, 0.05) is 5.02 Å². The Hall–Kier alpha value is -4.17. The normalized spacial score (nSPS) is 10.5. The molecule has 0 aliphatic rings. The summed E-state index contributed by atoms with van der Waals surface area (Å²) in [7, 11) is 0. The number of benzene rings is 3. The average Bonchev–Trinajstić information content (AvgIpc) is 2.82. The number of nitrogens with zero attached hydrogens (tertiary/aromatic N) is 4. The van der Waals surface area contributed by atoms with Crippen LogP contribution in [-0.2, 0) is 0 Å². The summed E-state index contributed by atoms with van der Waals surface area (Å²) in [6, 6.07) is 22.2. The predicted octanol–water partition coefficient (Wildman–Crippen LogP) is 6.61. The maximum absolute atomic E-state index is 12.0. The van der Waals surface area contributed by atoms with Crippen molar-refractivity contribution in [3.8, 4) is 11.6 Å². The Balaban J connectivity index is 1.75. The lowest BCUT2D eigenvalue weighted by Gasteiger charge is -2.25. The molecule has 8 nitrogen and oxygen atoms in total. The van der Waals surface area contributed by atoms with Crippen LogP contribution in [0.25, 0.3) is 0 Å². The maximum atomic E-state index is 12.0. The number of anilines is 3. The van der Waals surface area contributed by atoms with Crippen LogP contribution in [0.2, 0.25) is 5.02 Å². The number of halogens is 1. The average molecular weight is 462 g/mol. The molecule has 4 aromatic rings. The van der Waals surface area contributed by atoms with E-state index < -0.39 is 4.92 Å². The Morgan fingerprint density at radius 1 is 0.939 bits per heavy atom. The largest absolute Gasteiger partial charge is 0.434 e. The Bertz CT molecular complexity index is 1220. The molecule has 0 aliphatic carbocycles. The number of aryl methyl sites for hydroxylation is 2. The Morgan fingerprint density at radius 2 is 1.48 bits per heavy atom. The zero-order valence-electron chi connectivity index (χ0n) is 17.9. The third-order valence-electron chi connectivity index (χ3n) is 4.84. The summed E-state index contributed by atoms with van der Waals surface area (Å²) < 4.78 is 5.81. The molecule has 0 radical (unpaired) electrons. The molecule has 0 bridgehead atoms. The molecule has 1 aromatic heterocycles. The lowest BCUT2D eigenvalue weighted by atomic mass is 10.1. The van der Waals surface area contributed by atoms with E-state index in [9.17, 15) is 10.1 Å². The van der Waals surface area contributed by atoms with E-state index in [2.05, 4.69) is 15.4 Å². The van der Waals surface area contributed by atoms with E-state index in [-0.39, 0.29) is 17.4 Å². The Kier molecular flexibility index (Phi) is 6.37. The molecule has 0 aliphatic heterocycles. The fourth-order valence-corrected chi connectivity index (χ4v) is 3.41. The molecule has 166 valence electrons. The first-order valence-corrected chi connectivity index (χ1v) is 10.4. The zero-order valence-corrected chi connectivity index (χ0v) is 18.7. The molecule has 3 aromatic carbocycles. The molecule has 0 saturated heterocycles. The first-order valence-electron chi connectivity index (χ1n) is 10.0. The summed E-state index contributed by atoms with van der Waals surface area (Å²) in [5.74, 6) is 0.199. The minimum atomic E-state index is -0.568. The second kappa shape index (κ2) is 9.54. The molecule has 1 N–H and O–H groups in total. The molecular formula is C24H20ClN5O3. The van der Waals surface area contributed by atoms with E-state index in [0.29, 0.717) is 10.8 Å². The number of rotatable bonds is 7. The van der Waals surface area contributed by atoms with Crippen molar-refractivity contribution in [1.82, 2.24) is 9.97 Å². The summed E-state index contributed by atoms with van der Waals surface area (Å²) in [5.41, 5.74) is 5.79. The lowest BCUT2D eigenvalue weighted by Crippen LogP contribution is -2.25. The van der Waals surface area contributed by atoms with Crippen LogP contribution in [0.1, 0.15) is 11.1 Å². The first kappa shape index (κ1) is 22.0. The standard InChI is InChI=1S/C24H20ClN5O3/c1-16-13-20(14-17(2)21(16)25)33-24-22(30(31)32)23(26-15-27-24)28-29(18-9-5-3-6-10-18)19-11-7-4-8-12-19/h3-15H,1-2H3,(H,26,27,28). The molecule has 0 saturated carbocycles. The lowest BCUT2D eigenvalue weighted by molar-refractivity contribution is -0.385.